The van der Waals surface area contributed by atoms with E-state index in [1.165, 1.54) is 31.2 Å². The van der Waals surface area contributed by atoms with Crippen LogP contribution >= 0.6 is 0 Å². The number of hydrogen-bond acceptors (Lipinski definition) is 5. The number of aryl methyl sites for hydroxylation is 1. The molecule has 3 heterocycles. The second kappa shape index (κ2) is 10.5. The van der Waals surface area contributed by atoms with Crippen LogP contribution in [0.4, 0.5) is 5.69 Å². The molecule has 1 fully saturated rings. The van der Waals surface area contributed by atoms with Gasteiger partial charge in [-0.2, -0.15) is 5.10 Å². The predicted molar refractivity (Wildman–Crippen MR) is 142 cm³/mol. The van der Waals surface area contributed by atoms with E-state index in [1.807, 2.05) is 35.9 Å². The van der Waals surface area contributed by atoms with E-state index >= 15 is 0 Å². The van der Waals surface area contributed by atoms with Gasteiger partial charge in [-0.1, -0.05) is 18.9 Å². The van der Waals surface area contributed by atoms with Crippen molar-refractivity contribution >= 4 is 17.4 Å². The Morgan fingerprint density at radius 1 is 1.25 bits per heavy atom. The molecule has 1 amide bonds. The fraction of sp³-hybridized carbons (Fsp3) is 0.536. The monoisotopic (exact) mass is 490 g/mol. The van der Waals surface area contributed by atoms with Gasteiger partial charge in [-0.25, -0.2) is 0 Å². The Labute approximate surface area is 213 Å². The number of aromatic nitrogens is 2. The van der Waals surface area contributed by atoms with Crippen LogP contribution < -0.4 is 10.2 Å². The minimum absolute atomic E-state index is 0.00587. The largest absolute Gasteiger partial charge is 0.385 e. The van der Waals surface area contributed by atoms with Gasteiger partial charge in [-0.05, 0) is 43.0 Å². The number of carbonyl (C=O) groups is 1. The summed E-state index contributed by atoms with van der Waals surface area (Å²) >= 11 is 0. The van der Waals surface area contributed by atoms with Crippen molar-refractivity contribution in [2.45, 2.75) is 64.5 Å². The molecule has 0 radical (unpaired) electrons. The first-order chi connectivity index (χ1) is 17.4. The van der Waals surface area contributed by atoms with Crippen LogP contribution in [-0.2, 0) is 23.0 Å². The van der Waals surface area contributed by atoms with Crippen molar-refractivity contribution in [2.24, 2.45) is 7.05 Å². The molecule has 0 spiro atoms. The van der Waals surface area contributed by atoms with Crippen LogP contribution in [0.5, 0.6) is 0 Å². The fourth-order valence-electron chi connectivity index (χ4n) is 5.82. The molecule has 2 aromatic rings. The zero-order chi connectivity index (χ0) is 25.2. The van der Waals surface area contributed by atoms with Crippen LogP contribution in [0.1, 0.15) is 51.5 Å². The summed E-state index contributed by atoms with van der Waals surface area (Å²) in [5, 5.41) is 17.5. The SMILES string of the molecule is CCOC1Cc2cc(-c3cnn(C)c3)ccc2N(C(=N)C2=C(NC3CCCC3)CCN(C(C)=O)C2)C1. The van der Waals surface area contributed by atoms with Gasteiger partial charge in [0, 0.05) is 74.7 Å². The summed E-state index contributed by atoms with van der Waals surface area (Å²) in [6, 6.07) is 6.93. The minimum Gasteiger partial charge on any atom is -0.385 e. The maximum atomic E-state index is 12.3. The second-order valence-corrected chi connectivity index (χ2v) is 10.3. The molecular weight excluding hydrogens is 452 g/mol. The third kappa shape index (κ3) is 5.05. The topological polar surface area (TPSA) is 86.5 Å². The minimum atomic E-state index is 0.00587. The summed E-state index contributed by atoms with van der Waals surface area (Å²) in [7, 11) is 1.93. The van der Waals surface area contributed by atoms with E-state index < -0.39 is 0 Å². The van der Waals surface area contributed by atoms with Gasteiger partial charge in [-0.15, -0.1) is 0 Å². The molecule has 3 aliphatic rings. The van der Waals surface area contributed by atoms with E-state index in [1.54, 1.807) is 6.92 Å². The lowest BCUT2D eigenvalue weighted by molar-refractivity contribution is -0.128. The van der Waals surface area contributed by atoms with Crippen LogP contribution in [0.15, 0.2) is 41.9 Å². The Morgan fingerprint density at radius 2 is 2.06 bits per heavy atom. The van der Waals surface area contributed by atoms with E-state index in [-0.39, 0.29) is 12.0 Å². The van der Waals surface area contributed by atoms with Crippen molar-refractivity contribution in [1.29, 1.82) is 5.41 Å². The number of nitrogens with zero attached hydrogens (tertiary/aromatic N) is 4. The number of fused-ring (bicyclic) bond motifs is 1. The van der Waals surface area contributed by atoms with Gasteiger partial charge in [0.2, 0.25) is 5.91 Å². The third-order valence-electron chi connectivity index (χ3n) is 7.72. The number of benzene rings is 1. The van der Waals surface area contributed by atoms with Crippen molar-refractivity contribution in [3.8, 4) is 11.1 Å². The van der Waals surface area contributed by atoms with Crippen LogP contribution in [0.25, 0.3) is 11.1 Å². The molecule has 2 N–H and O–H groups in total. The highest BCUT2D eigenvalue weighted by molar-refractivity contribution is 6.09. The van der Waals surface area contributed by atoms with Crippen molar-refractivity contribution < 1.29 is 9.53 Å². The summed E-state index contributed by atoms with van der Waals surface area (Å²) in [5.41, 5.74) is 6.50. The Bertz CT molecular complexity index is 1160. The van der Waals surface area contributed by atoms with Crippen LogP contribution in [0, 0.1) is 5.41 Å². The molecule has 0 bridgehead atoms. The number of anilines is 1. The number of amides is 1. The van der Waals surface area contributed by atoms with Gasteiger partial charge in [0.25, 0.3) is 0 Å². The first kappa shape index (κ1) is 24.6. The lowest BCUT2D eigenvalue weighted by Gasteiger charge is -2.39. The second-order valence-electron chi connectivity index (χ2n) is 10.3. The number of hydrogen-bond donors (Lipinski definition) is 2. The molecular formula is C28H38N6O2. The molecule has 36 heavy (non-hydrogen) atoms. The lowest BCUT2D eigenvalue weighted by Crippen LogP contribution is -2.48. The average molecular weight is 491 g/mol. The number of nitrogens with one attached hydrogen (secondary N) is 2. The zero-order valence-electron chi connectivity index (χ0n) is 21.7. The summed E-state index contributed by atoms with van der Waals surface area (Å²) in [6.07, 6.45) is 10.4. The highest BCUT2D eigenvalue weighted by Crippen LogP contribution is 2.34. The van der Waals surface area contributed by atoms with Gasteiger partial charge in [-0.3, -0.25) is 14.9 Å². The molecule has 1 saturated carbocycles. The normalized spacial score (nSPS) is 20.6. The zero-order valence-corrected chi connectivity index (χ0v) is 21.7. The fourth-order valence-corrected chi connectivity index (χ4v) is 5.82. The van der Waals surface area contributed by atoms with Crippen molar-refractivity contribution in [2.75, 3.05) is 31.1 Å². The van der Waals surface area contributed by atoms with E-state index in [9.17, 15) is 10.2 Å². The average Bonchev–Trinajstić information content (AvgIpc) is 3.55. The van der Waals surface area contributed by atoms with Gasteiger partial charge >= 0.3 is 0 Å². The quantitative estimate of drug-likeness (QED) is 0.474. The van der Waals surface area contributed by atoms with Crippen molar-refractivity contribution in [3.63, 3.8) is 0 Å². The van der Waals surface area contributed by atoms with Crippen LogP contribution in [0.3, 0.4) is 0 Å². The molecule has 2 aliphatic heterocycles. The Balaban J connectivity index is 1.50. The van der Waals surface area contributed by atoms with Gasteiger partial charge in [0.1, 0.15) is 5.84 Å². The Morgan fingerprint density at radius 3 is 2.75 bits per heavy atom. The summed E-state index contributed by atoms with van der Waals surface area (Å²) in [5.74, 6) is 0.536. The van der Waals surface area contributed by atoms with Crippen LogP contribution in [-0.4, -0.2) is 64.8 Å². The number of amidine groups is 1. The highest BCUT2D eigenvalue weighted by atomic mass is 16.5. The van der Waals surface area contributed by atoms with Gasteiger partial charge in [0.05, 0.1) is 25.4 Å². The first-order valence-corrected chi connectivity index (χ1v) is 13.3. The van der Waals surface area contributed by atoms with E-state index in [0.29, 0.717) is 38.1 Å². The Kier molecular flexibility index (Phi) is 7.14. The van der Waals surface area contributed by atoms with E-state index in [4.69, 9.17) is 4.74 Å². The van der Waals surface area contributed by atoms with E-state index in [0.717, 1.165) is 40.9 Å². The molecule has 8 heteroatoms. The van der Waals surface area contributed by atoms with Crippen molar-refractivity contribution in [3.05, 3.63) is 47.4 Å². The predicted octanol–water partition coefficient (Wildman–Crippen LogP) is 3.87. The smallest absolute Gasteiger partial charge is 0.219 e. The van der Waals surface area contributed by atoms with Crippen LogP contribution in [0.2, 0.25) is 0 Å². The standard InChI is InChI=1S/C28H38N6O2/c1-4-36-24-14-21-13-20(22-15-30-32(3)16-22)9-10-27(21)34(17-24)28(29)25-18-33(19(2)35)12-11-26(25)31-23-7-5-6-8-23/h9-10,13,15-16,23-24,29,31H,4-8,11-12,14,17-18H2,1-3H3. The van der Waals surface area contributed by atoms with Crippen molar-refractivity contribution in [1.82, 2.24) is 20.0 Å². The maximum Gasteiger partial charge on any atom is 0.219 e. The number of ether oxygens (including phenoxy) is 1. The number of rotatable bonds is 6. The molecule has 1 unspecified atom stereocenters. The summed E-state index contributed by atoms with van der Waals surface area (Å²) in [6.45, 7) is 6.09. The molecule has 0 saturated heterocycles. The maximum absolute atomic E-state index is 12.3. The van der Waals surface area contributed by atoms with Gasteiger partial charge in [0.15, 0.2) is 0 Å². The number of carbonyl (C=O) groups excluding carboxylic acids is 1. The molecule has 1 aliphatic carbocycles. The molecule has 8 nitrogen and oxygen atoms in total. The molecule has 1 aromatic heterocycles. The van der Waals surface area contributed by atoms with Gasteiger partial charge < -0.3 is 19.9 Å². The first-order valence-electron chi connectivity index (χ1n) is 13.3. The summed E-state index contributed by atoms with van der Waals surface area (Å²) in [4.78, 5) is 16.2. The lowest BCUT2D eigenvalue weighted by atomic mass is 9.94. The molecule has 192 valence electrons. The highest BCUT2D eigenvalue weighted by Gasteiger charge is 2.33. The molecule has 1 atom stereocenters. The third-order valence-corrected chi connectivity index (χ3v) is 7.72. The molecule has 5 rings (SSSR count). The Hall–Kier alpha value is -3.13. The summed E-state index contributed by atoms with van der Waals surface area (Å²) < 4.78 is 7.91. The molecule has 1 aromatic carbocycles. The van der Waals surface area contributed by atoms with E-state index in [2.05, 4.69) is 33.5 Å².